The standard InChI is InChI=1S/C18H16N2O3/c1-12-10-13(2)19-17-15(12)8-9-16(20-17)23-18(21)22-11-14-6-4-3-5-7-14/h3-10H,11H2,1-2H3. The van der Waals surface area contributed by atoms with Crippen LogP contribution in [0.4, 0.5) is 4.79 Å². The fourth-order valence-electron chi connectivity index (χ4n) is 2.30. The van der Waals surface area contributed by atoms with Crippen LogP contribution in [0.3, 0.4) is 0 Å². The molecule has 0 saturated carbocycles. The predicted molar refractivity (Wildman–Crippen MR) is 86.3 cm³/mol. The van der Waals surface area contributed by atoms with E-state index in [4.69, 9.17) is 9.47 Å². The summed E-state index contributed by atoms with van der Waals surface area (Å²) in [6, 6.07) is 14.9. The van der Waals surface area contributed by atoms with E-state index in [0.29, 0.717) is 5.65 Å². The second-order valence-corrected chi connectivity index (χ2v) is 5.23. The first-order valence-corrected chi connectivity index (χ1v) is 7.25. The minimum Gasteiger partial charge on any atom is -0.429 e. The van der Waals surface area contributed by atoms with E-state index in [2.05, 4.69) is 9.97 Å². The number of aryl methyl sites for hydroxylation is 2. The Bertz CT molecular complexity index is 848. The highest BCUT2D eigenvalue weighted by Gasteiger charge is 2.10. The molecule has 0 bridgehead atoms. The minimum atomic E-state index is -0.787. The summed E-state index contributed by atoms with van der Waals surface area (Å²) < 4.78 is 10.2. The molecule has 0 saturated heterocycles. The van der Waals surface area contributed by atoms with Crippen molar-refractivity contribution in [2.75, 3.05) is 0 Å². The van der Waals surface area contributed by atoms with E-state index in [1.54, 1.807) is 6.07 Å². The summed E-state index contributed by atoms with van der Waals surface area (Å²) in [6.45, 7) is 4.05. The maximum Gasteiger partial charge on any atom is 0.515 e. The van der Waals surface area contributed by atoms with Gasteiger partial charge in [-0.25, -0.2) is 9.78 Å². The molecule has 3 aromatic rings. The van der Waals surface area contributed by atoms with Gasteiger partial charge in [-0.3, -0.25) is 0 Å². The van der Waals surface area contributed by atoms with Gasteiger partial charge in [-0.2, -0.15) is 4.98 Å². The van der Waals surface area contributed by atoms with Gasteiger partial charge in [0, 0.05) is 17.1 Å². The molecule has 0 N–H and O–H groups in total. The minimum absolute atomic E-state index is 0.156. The number of hydrogen-bond acceptors (Lipinski definition) is 5. The van der Waals surface area contributed by atoms with Crippen molar-refractivity contribution in [3.05, 3.63) is 65.4 Å². The molecule has 0 aliphatic rings. The summed E-state index contributed by atoms with van der Waals surface area (Å²) in [7, 11) is 0. The van der Waals surface area contributed by atoms with E-state index in [-0.39, 0.29) is 12.5 Å². The molecular weight excluding hydrogens is 292 g/mol. The number of rotatable bonds is 3. The van der Waals surface area contributed by atoms with E-state index in [9.17, 15) is 4.79 Å². The third-order valence-electron chi connectivity index (χ3n) is 3.37. The number of nitrogens with zero attached hydrogens (tertiary/aromatic N) is 2. The monoisotopic (exact) mass is 308 g/mol. The SMILES string of the molecule is Cc1cc(C)c2ccc(OC(=O)OCc3ccccc3)nc2n1. The van der Waals surface area contributed by atoms with Gasteiger partial charge in [0.05, 0.1) is 0 Å². The van der Waals surface area contributed by atoms with Crippen LogP contribution in [0.5, 0.6) is 5.88 Å². The lowest BCUT2D eigenvalue weighted by Crippen LogP contribution is -2.11. The number of carbonyl (C=O) groups excluding carboxylic acids is 1. The van der Waals surface area contributed by atoms with Gasteiger partial charge < -0.3 is 9.47 Å². The van der Waals surface area contributed by atoms with Gasteiger partial charge in [-0.1, -0.05) is 30.3 Å². The van der Waals surface area contributed by atoms with Gasteiger partial charge in [0.25, 0.3) is 0 Å². The third-order valence-corrected chi connectivity index (χ3v) is 3.37. The van der Waals surface area contributed by atoms with Crippen molar-refractivity contribution >= 4 is 17.2 Å². The molecule has 0 aliphatic carbocycles. The number of ether oxygens (including phenoxy) is 2. The molecule has 116 valence electrons. The van der Waals surface area contributed by atoms with Crippen molar-refractivity contribution in [2.45, 2.75) is 20.5 Å². The molecule has 0 aliphatic heterocycles. The van der Waals surface area contributed by atoms with E-state index in [1.165, 1.54) is 0 Å². The number of carbonyl (C=O) groups is 1. The number of hydrogen-bond donors (Lipinski definition) is 0. The highest BCUT2D eigenvalue weighted by Crippen LogP contribution is 2.19. The molecule has 0 spiro atoms. The zero-order valence-corrected chi connectivity index (χ0v) is 12.9. The molecule has 2 heterocycles. The van der Waals surface area contributed by atoms with Crippen molar-refractivity contribution in [1.82, 2.24) is 9.97 Å². The zero-order chi connectivity index (χ0) is 16.2. The van der Waals surface area contributed by atoms with Crippen LogP contribution < -0.4 is 4.74 Å². The topological polar surface area (TPSA) is 61.3 Å². The summed E-state index contributed by atoms with van der Waals surface area (Å²) in [6.07, 6.45) is -0.787. The van der Waals surface area contributed by atoms with Crippen LogP contribution in [0.1, 0.15) is 16.8 Å². The maximum atomic E-state index is 11.8. The van der Waals surface area contributed by atoms with Crippen molar-refractivity contribution in [1.29, 1.82) is 0 Å². The van der Waals surface area contributed by atoms with E-state index >= 15 is 0 Å². The van der Waals surface area contributed by atoms with Crippen LogP contribution >= 0.6 is 0 Å². The Labute approximate surface area is 133 Å². The lowest BCUT2D eigenvalue weighted by Gasteiger charge is -2.07. The first-order valence-electron chi connectivity index (χ1n) is 7.25. The van der Waals surface area contributed by atoms with Crippen molar-refractivity contribution in [2.24, 2.45) is 0 Å². The highest BCUT2D eigenvalue weighted by molar-refractivity contribution is 5.79. The first kappa shape index (κ1) is 15.0. The summed E-state index contributed by atoms with van der Waals surface area (Å²) in [5, 5.41) is 0.931. The van der Waals surface area contributed by atoms with Gasteiger partial charge in [0.2, 0.25) is 5.88 Å². The molecule has 5 nitrogen and oxygen atoms in total. The van der Waals surface area contributed by atoms with Gasteiger partial charge in [-0.05, 0) is 37.1 Å². The second kappa shape index (κ2) is 6.44. The van der Waals surface area contributed by atoms with Gasteiger partial charge >= 0.3 is 6.16 Å². The maximum absolute atomic E-state index is 11.8. The molecule has 0 unspecified atom stereocenters. The fraction of sp³-hybridized carbons (Fsp3) is 0.167. The molecule has 5 heteroatoms. The largest absolute Gasteiger partial charge is 0.515 e. The molecular formula is C18H16N2O3. The Morgan fingerprint density at radius 1 is 1.04 bits per heavy atom. The Morgan fingerprint density at radius 3 is 2.61 bits per heavy atom. The Kier molecular flexibility index (Phi) is 4.19. The molecule has 2 aromatic heterocycles. The van der Waals surface area contributed by atoms with Crippen LogP contribution in [-0.4, -0.2) is 16.1 Å². The summed E-state index contributed by atoms with van der Waals surface area (Å²) in [4.78, 5) is 20.4. The van der Waals surface area contributed by atoms with Crippen LogP contribution in [0, 0.1) is 13.8 Å². The van der Waals surface area contributed by atoms with Crippen LogP contribution in [0.2, 0.25) is 0 Å². The fourth-order valence-corrected chi connectivity index (χ4v) is 2.30. The lowest BCUT2D eigenvalue weighted by atomic mass is 10.1. The van der Waals surface area contributed by atoms with Crippen molar-refractivity contribution in [3.8, 4) is 5.88 Å². The van der Waals surface area contributed by atoms with E-state index in [1.807, 2.05) is 56.3 Å². The second-order valence-electron chi connectivity index (χ2n) is 5.23. The van der Waals surface area contributed by atoms with Crippen LogP contribution in [0.15, 0.2) is 48.5 Å². The highest BCUT2D eigenvalue weighted by atomic mass is 16.7. The van der Waals surface area contributed by atoms with Gasteiger partial charge in [0.1, 0.15) is 6.61 Å². The third kappa shape index (κ3) is 3.63. The number of benzene rings is 1. The summed E-state index contributed by atoms with van der Waals surface area (Å²) in [5.41, 5.74) is 3.39. The molecule has 23 heavy (non-hydrogen) atoms. The molecule has 0 radical (unpaired) electrons. The van der Waals surface area contributed by atoms with E-state index in [0.717, 1.165) is 22.2 Å². The Morgan fingerprint density at radius 2 is 1.83 bits per heavy atom. The Balaban J connectivity index is 1.70. The summed E-state index contributed by atoms with van der Waals surface area (Å²) in [5.74, 6) is 0.174. The van der Waals surface area contributed by atoms with E-state index < -0.39 is 6.16 Å². The normalized spacial score (nSPS) is 10.5. The van der Waals surface area contributed by atoms with Gasteiger partial charge in [0.15, 0.2) is 5.65 Å². The van der Waals surface area contributed by atoms with Crippen molar-refractivity contribution in [3.63, 3.8) is 0 Å². The molecule has 0 fully saturated rings. The zero-order valence-electron chi connectivity index (χ0n) is 12.9. The van der Waals surface area contributed by atoms with Crippen LogP contribution in [-0.2, 0) is 11.3 Å². The van der Waals surface area contributed by atoms with Gasteiger partial charge in [-0.15, -0.1) is 0 Å². The Hall–Kier alpha value is -2.95. The number of pyridine rings is 2. The predicted octanol–water partition coefficient (Wildman–Crippen LogP) is 3.96. The number of fused-ring (bicyclic) bond motifs is 1. The molecule has 0 amide bonds. The van der Waals surface area contributed by atoms with Crippen molar-refractivity contribution < 1.29 is 14.3 Å². The molecule has 3 rings (SSSR count). The average molecular weight is 308 g/mol. The molecule has 1 aromatic carbocycles. The number of aromatic nitrogens is 2. The quantitative estimate of drug-likeness (QED) is 0.685. The van der Waals surface area contributed by atoms with Crippen LogP contribution in [0.25, 0.3) is 11.0 Å². The smallest absolute Gasteiger partial charge is 0.429 e. The summed E-state index contributed by atoms with van der Waals surface area (Å²) >= 11 is 0. The first-order chi connectivity index (χ1) is 11.1. The average Bonchev–Trinajstić information content (AvgIpc) is 2.53. The molecule has 0 atom stereocenters. The lowest BCUT2D eigenvalue weighted by molar-refractivity contribution is 0.0914.